The largest absolute Gasteiger partial charge is 0.347 e. The van der Waals surface area contributed by atoms with E-state index >= 15 is 0 Å². The molecular formula is C11H15N5O2. The molecule has 0 aliphatic rings. The Morgan fingerprint density at radius 2 is 2.39 bits per heavy atom. The van der Waals surface area contributed by atoms with E-state index in [4.69, 9.17) is 4.52 Å². The van der Waals surface area contributed by atoms with Crippen molar-refractivity contribution in [2.75, 3.05) is 6.54 Å². The van der Waals surface area contributed by atoms with E-state index in [1.807, 2.05) is 17.7 Å². The third kappa shape index (κ3) is 2.73. The summed E-state index contributed by atoms with van der Waals surface area (Å²) in [6.07, 6.45) is 4.51. The van der Waals surface area contributed by atoms with Gasteiger partial charge < -0.3 is 14.4 Å². The second-order valence-electron chi connectivity index (χ2n) is 3.78. The maximum atomic E-state index is 11.6. The number of aromatic nitrogens is 4. The number of imidazole rings is 1. The maximum absolute atomic E-state index is 11.6. The number of carbonyl (C=O) groups excluding carboxylic acids is 1. The van der Waals surface area contributed by atoms with E-state index < -0.39 is 0 Å². The van der Waals surface area contributed by atoms with Gasteiger partial charge in [0.2, 0.25) is 5.89 Å². The number of rotatable bonds is 5. The van der Waals surface area contributed by atoms with Crippen LogP contribution in [0.2, 0.25) is 0 Å². The van der Waals surface area contributed by atoms with E-state index in [0.29, 0.717) is 19.0 Å². The molecule has 0 saturated heterocycles. The highest BCUT2D eigenvalue weighted by Crippen LogP contribution is 1.98. The van der Waals surface area contributed by atoms with Crippen molar-refractivity contribution in [2.24, 2.45) is 0 Å². The molecule has 7 nitrogen and oxygen atoms in total. The standard InChI is InChI=1S/C11H15N5O2/c1-3-9-12-4-6-16(9)7-5-13-11(17)10-14-8(2)18-15-10/h4,6H,3,5,7H2,1-2H3,(H,13,17). The summed E-state index contributed by atoms with van der Waals surface area (Å²) in [6.45, 7) is 4.85. The van der Waals surface area contributed by atoms with E-state index in [9.17, 15) is 4.79 Å². The molecule has 0 saturated carbocycles. The molecule has 0 atom stereocenters. The van der Waals surface area contributed by atoms with Crippen LogP contribution < -0.4 is 5.32 Å². The van der Waals surface area contributed by atoms with Gasteiger partial charge in [-0.25, -0.2) is 4.98 Å². The van der Waals surface area contributed by atoms with Crippen LogP contribution in [0.5, 0.6) is 0 Å². The number of nitrogens with zero attached hydrogens (tertiary/aromatic N) is 4. The zero-order valence-electron chi connectivity index (χ0n) is 10.4. The molecule has 2 aromatic heterocycles. The van der Waals surface area contributed by atoms with Gasteiger partial charge in [-0.05, 0) is 0 Å². The van der Waals surface area contributed by atoms with Crippen molar-refractivity contribution < 1.29 is 9.32 Å². The predicted octanol–water partition coefficient (Wildman–Crippen LogP) is 0.567. The van der Waals surface area contributed by atoms with Crippen molar-refractivity contribution >= 4 is 5.91 Å². The monoisotopic (exact) mass is 249 g/mol. The Morgan fingerprint density at radius 1 is 1.56 bits per heavy atom. The summed E-state index contributed by atoms with van der Waals surface area (Å²) < 4.78 is 6.74. The summed E-state index contributed by atoms with van der Waals surface area (Å²) in [6, 6.07) is 0. The molecule has 1 N–H and O–H groups in total. The number of amides is 1. The van der Waals surface area contributed by atoms with Crippen LogP contribution in [0.1, 0.15) is 29.3 Å². The molecule has 0 aliphatic carbocycles. The Morgan fingerprint density at radius 3 is 3.06 bits per heavy atom. The summed E-state index contributed by atoms with van der Waals surface area (Å²) in [5.41, 5.74) is 0. The minimum Gasteiger partial charge on any atom is -0.347 e. The van der Waals surface area contributed by atoms with Crippen LogP contribution in [-0.4, -0.2) is 32.1 Å². The molecule has 0 spiro atoms. The highest BCUT2D eigenvalue weighted by Gasteiger charge is 2.11. The first-order chi connectivity index (χ1) is 8.70. The SMILES string of the molecule is CCc1nccn1CCNC(=O)c1noc(C)n1. The van der Waals surface area contributed by atoms with Crippen LogP contribution in [0.4, 0.5) is 0 Å². The van der Waals surface area contributed by atoms with Crippen LogP contribution in [0.25, 0.3) is 0 Å². The maximum Gasteiger partial charge on any atom is 0.292 e. The molecular weight excluding hydrogens is 234 g/mol. The van der Waals surface area contributed by atoms with Crippen LogP contribution in [-0.2, 0) is 13.0 Å². The van der Waals surface area contributed by atoms with Crippen LogP contribution >= 0.6 is 0 Å². The summed E-state index contributed by atoms with van der Waals surface area (Å²) >= 11 is 0. The molecule has 2 rings (SSSR count). The Kier molecular flexibility index (Phi) is 3.71. The molecule has 0 unspecified atom stereocenters. The van der Waals surface area contributed by atoms with E-state index in [1.54, 1.807) is 13.1 Å². The van der Waals surface area contributed by atoms with Gasteiger partial charge in [0, 0.05) is 38.8 Å². The zero-order chi connectivity index (χ0) is 13.0. The van der Waals surface area contributed by atoms with Gasteiger partial charge >= 0.3 is 0 Å². The van der Waals surface area contributed by atoms with Gasteiger partial charge in [-0.3, -0.25) is 4.79 Å². The Bertz CT molecular complexity index is 531. The van der Waals surface area contributed by atoms with Gasteiger partial charge in [0.05, 0.1) is 0 Å². The fraction of sp³-hybridized carbons (Fsp3) is 0.455. The van der Waals surface area contributed by atoms with E-state index in [1.165, 1.54) is 0 Å². The summed E-state index contributed by atoms with van der Waals surface area (Å²) in [5.74, 6) is 1.11. The van der Waals surface area contributed by atoms with Gasteiger partial charge in [0.1, 0.15) is 5.82 Å². The molecule has 1 amide bonds. The van der Waals surface area contributed by atoms with Crippen LogP contribution in [0.15, 0.2) is 16.9 Å². The lowest BCUT2D eigenvalue weighted by molar-refractivity contribution is 0.0939. The molecule has 0 aliphatic heterocycles. The highest BCUT2D eigenvalue weighted by molar-refractivity contribution is 5.90. The van der Waals surface area contributed by atoms with Crippen molar-refractivity contribution in [1.82, 2.24) is 25.0 Å². The first kappa shape index (κ1) is 12.3. The smallest absolute Gasteiger partial charge is 0.292 e. The highest BCUT2D eigenvalue weighted by atomic mass is 16.5. The molecule has 0 bridgehead atoms. The topological polar surface area (TPSA) is 85.8 Å². The normalized spacial score (nSPS) is 10.6. The van der Waals surface area contributed by atoms with Gasteiger partial charge in [-0.1, -0.05) is 12.1 Å². The second kappa shape index (κ2) is 5.44. The Balaban J connectivity index is 1.84. The average Bonchev–Trinajstić information content (AvgIpc) is 2.97. The third-order valence-corrected chi connectivity index (χ3v) is 2.49. The van der Waals surface area contributed by atoms with Gasteiger partial charge in [-0.2, -0.15) is 4.98 Å². The quantitative estimate of drug-likeness (QED) is 0.837. The molecule has 0 fully saturated rings. The van der Waals surface area contributed by atoms with E-state index in [-0.39, 0.29) is 11.7 Å². The second-order valence-corrected chi connectivity index (χ2v) is 3.78. The summed E-state index contributed by atoms with van der Waals surface area (Å²) in [7, 11) is 0. The first-order valence-corrected chi connectivity index (χ1v) is 5.79. The number of hydrogen-bond acceptors (Lipinski definition) is 5. The van der Waals surface area contributed by atoms with Crippen molar-refractivity contribution in [3.8, 4) is 0 Å². The fourth-order valence-electron chi connectivity index (χ4n) is 1.62. The molecule has 7 heteroatoms. The molecule has 0 radical (unpaired) electrons. The van der Waals surface area contributed by atoms with Crippen molar-refractivity contribution in [1.29, 1.82) is 0 Å². The first-order valence-electron chi connectivity index (χ1n) is 5.79. The molecule has 96 valence electrons. The average molecular weight is 249 g/mol. The van der Waals surface area contributed by atoms with Gasteiger partial charge in [0.15, 0.2) is 0 Å². The lowest BCUT2D eigenvalue weighted by Gasteiger charge is -2.06. The zero-order valence-corrected chi connectivity index (χ0v) is 10.4. The van der Waals surface area contributed by atoms with Gasteiger partial charge in [0.25, 0.3) is 11.7 Å². The summed E-state index contributed by atoms with van der Waals surface area (Å²) in [4.78, 5) is 19.7. The van der Waals surface area contributed by atoms with Crippen molar-refractivity contribution in [3.05, 3.63) is 29.9 Å². The Hall–Kier alpha value is -2.18. The lowest BCUT2D eigenvalue weighted by atomic mass is 10.4. The molecule has 18 heavy (non-hydrogen) atoms. The van der Waals surface area contributed by atoms with Crippen LogP contribution in [0, 0.1) is 6.92 Å². The van der Waals surface area contributed by atoms with E-state index in [0.717, 1.165) is 12.2 Å². The van der Waals surface area contributed by atoms with E-state index in [2.05, 4.69) is 20.4 Å². The third-order valence-electron chi connectivity index (χ3n) is 2.49. The number of aryl methyl sites for hydroxylation is 2. The number of carbonyl (C=O) groups is 1. The van der Waals surface area contributed by atoms with Crippen LogP contribution in [0.3, 0.4) is 0 Å². The molecule has 2 aromatic rings. The fourth-order valence-corrected chi connectivity index (χ4v) is 1.62. The molecule has 0 aromatic carbocycles. The summed E-state index contributed by atoms with van der Waals surface area (Å²) in [5, 5.41) is 6.28. The number of hydrogen-bond donors (Lipinski definition) is 1. The van der Waals surface area contributed by atoms with Crippen molar-refractivity contribution in [3.63, 3.8) is 0 Å². The molecule has 2 heterocycles. The lowest BCUT2D eigenvalue weighted by Crippen LogP contribution is -2.28. The minimum absolute atomic E-state index is 0.0637. The predicted molar refractivity (Wildman–Crippen MR) is 63.0 cm³/mol. The Labute approximate surface area is 104 Å². The van der Waals surface area contributed by atoms with Crippen molar-refractivity contribution in [2.45, 2.75) is 26.8 Å². The number of nitrogens with one attached hydrogen (secondary N) is 1. The van der Waals surface area contributed by atoms with Gasteiger partial charge in [-0.15, -0.1) is 0 Å². The minimum atomic E-state index is -0.329.